The van der Waals surface area contributed by atoms with Crippen molar-refractivity contribution in [3.8, 4) is 0 Å². The second-order valence-electron chi connectivity index (χ2n) is 6.47. The Morgan fingerprint density at radius 2 is 2.00 bits per heavy atom. The van der Waals surface area contributed by atoms with E-state index < -0.39 is 0 Å². The first-order valence-corrected chi connectivity index (χ1v) is 7.76. The van der Waals surface area contributed by atoms with Crippen molar-refractivity contribution < 1.29 is 0 Å². The van der Waals surface area contributed by atoms with E-state index in [1.54, 1.807) is 6.33 Å². The Labute approximate surface area is 127 Å². The molecule has 0 amide bonds. The van der Waals surface area contributed by atoms with Crippen LogP contribution in [0.25, 0.3) is 10.9 Å². The minimum Gasteiger partial charge on any atom is -0.399 e. The molecule has 2 rings (SSSR count). The van der Waals surface area contributed by atoms with E-state index in [0.29, 0.717) is 0 Å². The van der Waals surface area contributed by atoms with Crippen molar-refractivity contribution in [1.82, 2.24) is 9.97 Å². The summed E-state index contributed by atoms with van der Waals surface area (Å²) in [5, 5.41) is 4.46. The summed E-state index contributed by atoms with van der Waals surface area (Å²) in [6, 6.07) is 5.74. The van der Waals surface area contributed by atoms with Gasteiger partial charge in [0.25, 0.3) is 0 Å². The van der Waals surface area contributed by atoms with Crippen molar-refractivity contribution in [3.63, 3.8) is 0 Å². The Bertz CT molecular complexity index is 592. The first-order valence-electron chi connectivity index (χ1n) is 7.76. The number of fused-ring (bicyclic) bond motifs is 1. The van der Waals surface area contributed by atoms with Crippen LogP contribution in [0.3, 0.4) is 0 Å². The number of hydrogen-bond donors (Lipinski definition) is 2. The molecule has 0 fully saturated rings. The minimum atomic E-state index is 0.257. The maximum absolute atomic E-state index is 5.87. The monoisotopic (exact) mass is 286 g/mol. The zero-order chi connectivity index (χ0) is 15.3. The number of rotatable bonds is 7. The lowest BCUT2D eigenvalue weighted by molar-refractivity contribution is 0.342. The first-order chi connectivity index (χ1) is 10.0. The van der Waals surface area contributed by atoms with Gasteiger partial charge < -0.3 is 11.1 Å². The Kier molecular flexibility index (Phi) is 4.99. The third-order valence-electron chi connectivity index (χ3n) is 3.85. The Hall–Kier alpha value is -1.84. The van der Waals surface area contributed by atoms with Crippen LogP contribution in [0, 0.1) is 5.41 Å². The second-order valence-corrected chi connectivity index (χ2v) is 6.47. The number of nitrogens with one attached hydrogen (secondary N) is 1. The first kappa shape index (κ1) is 15.5. The maximum Gasteiger partial charge on any atom is 0.137 e. The van der Waals surface area contributed by atoms with E-state index in [4.69, 9.17) is 5.73 Å². The smallest absolute Gasteiger partial charge is 0.137 e. The quantitative estimate of drug-likeness (QED) is 0.590. The highest BCUT2D eigenvalue weighted by molar-refractivity contribution is 5.91. The summed E-state index contributed by atoms with van der Waals surface area (Å²) in [6.45, 7) is 7.74. The van der Waals surface area contributed by atoms with Crippen LogP contribution >= 0.6 is 0 Å². The summed E-state index contributed by atoms with van der Waals surface area (Å²) in [7, 11) is 0. The number of nitrogens with zero attached hydrogens (tertiary/aromatic N) is 2. The molecule has 0 atom stereocenters. The van der Waals surface area contributed by atoms with Crippen LogP contribution < -0.4 is 11.1 Å². The van der Waals surface area contributed by atoms with Crippen molar-refractivity contribution in [1.29, 1.82) is 0 Å². The van der Waals surface area contributed by atoms with Gasteiger partial charge in [-0.3, -0.25) is 0 Å². The topological polar surface area (TPSA) is 63.8 Å². The minimum absolute atomic E-state index is 0.257. The molecule has 114 valence electrons. The van der Waals surface area contributed by atoms with Gasteiger partial charge in [0.15, 0.2) is 0 Å². The third-order valence-corrected chi connectivity index (χ3v) is 3.85. The summed E-state index contributed by atoms with van der Waals surface area (Å²) >= 11 is 0. The molecule has 0 bridgehead atoms. The normalized spacial score (nSPS) is 11.8. The number of unbranched alkanes of at least 4 members (excludes halogenated alkanes) is 2. The predicted octanol–water partition coefficient (Wildman–Crippen LogP) is 4.23. The van der Waals surface area contributed by atoms with Crippen molar-refractivity contribution in [2.45, 2.75) is 46.5 Å². The number of benzene rings is 1. The SMILES string of the molecule is CCCCCC(C)(C)CNc1ncnc2ccc(N)cc12. The van der Waals surface area contributed by atoms with Gasteiger partial charge in [-0.1, -0.05) is 40.0 Å². The van der Waals surface area contributed by atoms with Gasteiger partial charge in [0, 0.05) is 17.6 Å². The van der Waals surface area contributed by atoms with E-state index in [2.05, 4.69) is 36.1 Å². The van der Waals surface area contributed by atoms with Gasteiger partial charge in [0.2, 0.25) is 0 Å². The molecule has 1 aromatic heterocycles. The fourth-order valence-electron chi connectivity index (χ4n) is 2.48. The number of hydrogen-bond acceptors (Lipinski definition) is 4. The van der Waals surface area contributed by atoms with Crippen LogP contribution in [0.5, 0.6) is 0 Å². The number of anilines is 2. The average Bonchev–Trinajstić information content (AvgIpc) is 2.45. The van der Waals surface area contributed by atoms with Crippen LogP contribution in [0.1, 0.15) is 46.5 Å². The fraction of sp³-hybridized carbons (Fsp3) is 0.529. The average molecular weight is 286 g/mol. The molecule has 4 nitrogen and oxygen atoms in total. The number of nitrogen functional groups attached to an aromatic ring is 1. The molecular formula is C17H26N4. The summed E-state index contributed by atoms with van der Waals surface area (Å²) in [6.07, 6.45) is 6.67. The molecule has 1 aromatic carbocycles. The van der Waals surface area contributed by atoms with Crippen LogP contribution in [-0.4, -0.2) is 16.5 Å². The molecule has 3 N–H and O–H groups in total. The highest BCUT2D eigenvalue weighted by Gasteiger charge is 2.17. The molecule has 0 aliphatic carbocycles. The molecule has 4 heteroatoms. The molecule has 0 saturated carbocycles. The Morgan fingerprint density at radius 3 is 2.76 bits per heavy atom. The van der Waals surface area contributed by atoms with E-state index >= 15 is 0 Å². The maximum atomic E-state index is 5.87. The molecule has 0 aliphatic heterocycles. The van der Waals surface area contributed by atoms with Crippen LogP contribution in [0.15, 0.2) is 24.5 Å². The third kappa shape index (κ3) is 4.31. The van der Waals surface area contributed by atoms with Gasteiger partial charge in [0.05, 0.1) is 5.52 Å². The number of nitrogens with two attached hydrogens (primary N) is 1. The highest BCUT2D eigenvalue weighted by atomic mass is 15.0. The second kappa shape index (κ2) is 6.74. The van der Waals surface area contributed by atoms with E-state index in [1.165, 1.54) is 25.7 Å². The molecular weight excluding hydrogens is 260 g/mol. The zero-order valence-electron chi connectivity index (χ0n) is 13.3. The standard InChI is InChI=1S/C17H26N4/c1-4-5-6-9-17(2,3)11-19-16-14-10-13(18)7-8-15(14)20-12-21-16/h7-8,10,12H,4-6,9,11,18H2,1-3H3,(H,19,20,21). The van der Waals surface area contributed by atoms with Crippen molar-refractivity contribution in [3.05, 3.63) is 24.5 Å². The molecule has 0 unspecified atom stereocenters. The van der Waals surface area contributed by atoms with Gasteiger partial charge in [-0.25, -0.2) is 9.97 Å². The summed E-state index contributed by atoms with van der Waals surface area (Å²) < 4.78 is 0. The van der Waals surface area contributed by atoms with Gasteiger partial charge in [-0.15, -0.1) is 0 Å². The lowest BCUT2D eigenvalue weighted by Crippen LogP contribution is -2.23. The Morgan fingerprint density at radius 1 is 1.19 bits per heavy atom. The van der Waals surface area contributed by atoms with Crippen LogP contribution in [0.4, 0.5) is 11.5 Å². The van der Waals surface area contributed by atoms with Gasteiger partial charge in [0.1, 0.15) is 12.1 Å². The zero-order valence-corrected chi connectivity index (χ0v) is 13.3. The molecule has 0 spiro atoms. The molecule has 2 aromatic rings. The van der Waals surface area contributed by atoms with Gasteiger partial charge in [-0.05, 0) is 30.0 Å². The predicted molar refractivity (Wildman–Crippen MR) is 90.4 cm³/mol. The highest BCUT2D eigenvalue weighted by Crippen LogP contribution is 2.26. The van der Waals surface area contributed by atoms with E-state index in [-0.39, 0.29) is 5.41 Å². The molecule has 0 saturated heterocycles. The van der Waals surface area contributed by atoms with Gasteiger partial charge in [-0.2, -0.15) is 0 Å². The van der Waals surface area contributed by atoms with E-state index in [0.717, 1.165) is 29.0 Å². The molecule has 1 heterocycles. The Balaban J connectivity index is 2.07. The lowest BCUT2D eigenvalue weighted by Gasteiger charge is -2.25. The van der Waals surface area contributed by atoms with Crippen LogP contribution in [0.2, 0.25) is 0 Å². The van der Waals surface area contributed by atoms with Gasteiger partial charge >= 0.3 is 0 Å². The van der Waals surface area contributed by atoms with Crippen LogP contribution in [-0.2, 0) is 0 Å². The van der Waals surface area contributed by atoms with Crippen molar-refractivity contribution in [2.75, 3.05) is 17.6 Å². The molecule has 0 radical (unpaired) electrons. The fourth-order valence-corrected chi connectivity index (χ4v) is 2.48. The molecule has 0 aliphatic rings. The summed E-state index contributed by atoms with van der Waals surface area (Å²) in [4.78, 5) is 8.65. The molecule has 21 heavy (non-hydrogen) atoms. The van der Waals surface area contributed by atoms with E-state index in [1.807, 2.05) is 18.2 Å². The van der Waals surface area contributed by atoms with E-state index in [9.17, 15) is 0 Å². The van der Waals surface area contributed by atoms with Crippen molar-refractivity contribution in [2.24, 2.45) is 5.41 Å². The number of aromatic nitrogens is 2. The summed E-state index contributed by atoms with van der Waals surface area (Å²) in [5.74, 6) is 0.871. The summed E-state index contributed by atoms with van der Waals surface area (Å²) in [5.41, 5.74) is 7.79. The van der Waals surface area contributed by atoms with Crippen molar-refractivity contribution >= 4 is 22.4 Å². The largest absolute Gasteiger partial charge is 0.399 e. The lowest BCUT2D eigenvalue weighted by atomic mass is 9.87.